The van der Waals surface area contributed by atoms with Crippen molar-refractivity contribution in [1.29, 1.82) is 0 Å². The molecule has 1 saturated carbocycles. The van der Waals surface area contributed by atoms with Crippen molar-refractivity contribution in [1.82, 2.24) is 14.8 Å². The van der Waals surface area contributed by atoms with Gasteiger partial charge in [0.15, 0.2) is 0 Å². The zero-order chi connectivity index (χ0) is 35.7. The summed E-state index contributed by atoms with van der Waals surface area (Å²) in [7, 11) is 1.71. The third-order valence-electron chi connectivity index (χ3n) is 8.26. The Hall–Kier alpha value is -3.69. The van der Waals surface area contributed by atoms with Crippen LogP contribution in [0.3, 0.4) is 0 Å². The van der Waals surface area contributed by atoms with Gasteiger partial charge in [0.2, 0.25) is 11.8 Å². The Kier molecular flexibility index (Phi) is 22.4. The molecular formula is C39H64N6O3. The molecule has 0 radical (unpaired) electrons. The van der Waals surface area contributed by atoms with Gasteiger partial charge in [0.05, 0.1) is 12.8 Å². The van der Waals surface area contributed by atoms with Crippen LogP contribution in [0.15, 0.2) is 73.0 Å². The van der Waals surface area contributed by atoms with E-state index >= 15 is 0 Å². The summed E-state index contributed by atoms with van der Waals surface area (Å²) in [4.78, 5) is 36.8. The highest BCUT2D eigenvalue weighted by Crippen LogP contribution is 2.38. The van der Waals surface area contributed by atoms with Crippen LogP contribution in [-0.2, 0) is 9.59 Å². The highest BCUT2D eigenvalue weighted by Gasteiger charge is 2.43. The van der Waals surface area contributed by atoms with Gasteiger partial charge < -0.3 is 20.3 Å². The number of carbonyl (C=O) groups excluding carboxylic acids is 2. The largest absolute Gasteiger partial charge is 0.495 e. The Morgan fingerprint density at radius 3 is 2.17 bits per heavy atom. The second kappa shape index (κ2) is 25.3. The van der Waals surface area contributed by atoms with E-state index in [1.54, 1.807) is 18.2 Å². The van der Waals surface area contributed by atoms with E-state index in [1.165, 1.54) is 0 Å². The van der Waals surface area contributed by atoms with Crippen molar-refractivity contribution in [3.8, 4) is 5.75 Å². The average molecular weight is 665 g/mol. The molecule has 2 N–H and O–H groups in total. The number of nitrogens with zero attached hydrogens (tertiary/aromatic N) is 5. The summed E-state index contributed by atoms with van der Waals surface area (Å²) in [5.41, 5.74) is 6.62. The van der Waals surface area contributed by atoms with Crippen LogP contribution in [0.2, 0.25) is 0 Å². The van der Waals surface area contributed by atoms with Crippen molar-refractivity contribution < 1.29 is 14.3 Å². The van der Waals surface area contributed by atoms with E-state index in [9.17, 15) is 9.59 Å². The van der Waals surface area contributed by atoms with Crippen LogP contribution in [0.4, 0.5) is 11.5 Å². The van der Waals surface area contributed by atoms with E-state index in [4.69, 9.17) is 10.5 Å². The number of nitrogens with two attached hydrogens (primary N) is 1. The van der Waals surface area contributed by atoms with Gasteiger partial charge in [0, 0.05) is 70.9 Å². The van der Waals surface area contributed by atoms with Crippen LogP contribution in [0.25, 0.3) is 0 Å². The summed E-state index contributed by atoms with van der Waals surface area (Å²) in [6.45, 7) is 21.7. The van der Waals surface area contributed by atoms with E-state index < -0.39 is 0 Å². The summed E-state index contributed by atoms with van der Waals surface area (Å²) in [6.07, 6.45) is 12.6. The number of carbonyl (C=O) groups is 2. The summed E-state index contributed by atoms with van der Waals surface area (Å²) >= 11 is 0. The van der Waals surface area contributed by atoms with Gasteiger partial charge in [-0.15, -0.1) is 0 Å². The molecule has 1 saturated heterocycles. The molecule has 2 amide bonds. The Bertz CT molecular complexity index is 1190. The molecule has 2 aromatic rings. The van der Waals surface area contributed by atoms with Crippen LogP contribution in [-0.4, -0.2) is 92.6 Å². The van der Waals surface area contributed by atoms with E-state index in [2.05, 4.69) is 39.9 Å². The maximum Gasteiger partial charge on any atom is 0.227 e. The second-order valence-corrected chi connectivity index (χ2v) is 11.3. The summed E-state index contributed by atoms with van der Waals surface area (Å²) < 4.78 is 5.49. The number of allylic oxidation sites excluding steroid dienone is 4. The number of para-hydroxylation sites is 2. The topological polar surface area (TPSA) is 95.2 Å². The number of hydrogen-bond donors (Lipinski definition) is 1. The summed E-state index contributed by atoms with van der Waals surface area (Å²) in [5, 5.41) is 0. The number of benzene rings is 1. The summed E-state index contributed by atoms with van der Waals surface area (Å²) in [5.74, 6) is 2.78. The van der Waals surface area contributed by atoms with E-state index in [0.29, 0.717) is 31.3 Å². The highest BCUT2D eigenvalue weighted by molar-refractivity contribution is 5.92. The van der Waals surface area contributed by atoms with E-state index in [0.717, 1.165) is 75.9 Å². The second-order valence-electron chi connectivity index (χ2n) is 11.3. The van der Waals surface area contributed by atoms with Gasteiger partial charge in [-0.1, -0.05) is 70.2 Å². The van der Waals surface area contributed by atoms with E-state index in [1.807, 2.05) is 95.0 Å². The number of pyridine rings is 1. The Morgan fingerprint density at radius 1 is 0.979 bits per heavy atom. The number of ether oxygens (including phenoxy) is 1. The number of aromatic nitrogens is 1. The van der Waals surface area contributed by atoms with Crippen LogP contribution in [0, 0.1) is 11.8 Å². The fourth-order valence-electron chi connectivity index (χ4n) is 5.32. The van der Waals surface area contributed by atoms with Gasteiger partial charge in [-0.2, -0.15) is 0 Å². The molecule has 48 heavy (non-hydrogen) atoms. The van der Waals surface area contributed by atoms with Gasteiger partial charge in [-0.3, -0.25) is 19.4 Å². The fraction of sp³-hybridized carbons (Fsp3) is 0.564. The number of anilines is 2. The minimum Gasteiger partial charge on any atom is -0.495 e. The van der Waals surface area contributed by atoms with Crippen molar-refractivity contribution in [3.05, 3.63) is 73.0 Å². The standard InChI is InChI=1S/C21H28N4O2.C9H18N2O.C7H12.C2H6/c1-3-21(26)25(20-10-6-7-11-22-20)17-14-23-12-15-24(16-13-23)18-8-4-5-9-19(18)27-2;1-3-11(4-2)9(12)8-5-7(8)6-10;1-3-5-7-6-4-2;1-2/h4-11H,3,12-17H2,1-2H3;7-8H,3-6,10H2,1-2H3;3,5-7H,4H2,1-2H3;1-2H3/b;;5-3-,7-6-;. The monoisotopic (exact) mass is 665 g/mol. The molecule has 2 atom stereocenters. The number of methoxy groups -OCH3 is 1. The number of rotatable bonds is 13. The highest BCUT2D eigenvalue weighted by atomic mass is 16.5. The molecule has 2 fully saturated rings. The quantitative estimate of drug-likeness (QED) is 0.239. The van der Waals surface area contributed by atoms with Crippen LogP contribution >= 0.6 is 0 Å². The maximum atomic E-state index is 12.3. The fourth-order valence-corrected chi connectivity index (χ4v) is 5.32. The van der Waals surface area contributed by atoms with Gasteiger partial charge in [-0.05, 0) is 70.3 Å². The minimum absolute atomic E-state index is 0.112. The van der Waals surface area contributed by atoms with Crippen molar-refractivity contribution in [3.63, 3.8) is 0 Å². The molecule has 2 heterocycles. The molecule has 1 aromatic carbocycles. The predicted molar refractivity (Wildman–Crippen MR) is 203 cm³/mol. The zero-order valence-corrected chi connectivity index (χ0v) is 31.1. The minimum atomic E-state index is 0.112. The Morgan fingerprint density at radius 2 is 1.65 bits per heavy atom. The smallest absolute Gasteiger partial charge is 0.227 e. The molecule has 268 valence electrons. The predicted octanol–water partition coefficient (Wildman–Crippen LogP) is 6.66. The molecule has 0 spiro atoms. The van der Waals surface area contributed by atoms with Gasteiger partial charge >= 0.3 is 0 Å². The third kappa shape index (κ3) is 14.6. The first-order valence-corrected chi connectivity index (χ1v) is 18.0. The summed E-state index contributed by atoms with van der Waals surface area (Å²) in [6, 6.07) is 13.8. The van der Waals surface area contributed by atoms with Gasteiger partial charge in [0.25, 0.3) is 0 Å². The zero-order valence-electron chi connectivity index (χ0n) is 31.1. The molecule has 9 heteroatoms. The molecule has 1 aromatic heterocycles. The van der Waals surface area contributed by atoms with Crippen molar-refractivity contribution in [2.24, 2.45) is 17.6 Å². The molecule has 1 aliphatic heterocycles. The van der Waals surface area contributed by atoms with Gasteiger partial charge in [0.1, 0.15) is 11.6 Å². The third-order valence-corrected chi connectivity index (χ3v) is 8.26. The van der Waals surface area contributed by atoms with Crippen molar-refractivity contribution in [2.75, 3.05) is 75.8 Å². The lowest BCUT2D eigenvalue weighted by Crippen LogP contribution is -2.49. The molecule has 2 unspecified atom stereocenters. The van der Waals surface area contributed by atoms with Crippen LogP contribution < -0.4 is 20.3 Å². The first kappa shape index (κ1) is 42.3. The van der Waals surface area contributed by atoms with Crippen LogP contribution in [0.5, 0.6) is 5.75 Å². The molecular weight excluding hydrogens is 600 g/mol. The molecule has 2 aliphatic rings. The first-order chi connectivity index (χ1) is 23.4. The lowest BCUT2D eigenvalue weighted by Gasteiger charge is -2.37. The van der Waals surface area contributed by atoms with Gasteiger partial charge in [-0.25, -0.2) is 4.98 Å². The lowest BCUT2D eigenvalue weighted by atomic mass is 10.2. The van der Waals surface area contributed by atoms with Crippen molar-refractivity contribution in [2.45, 2.75) is 67.7 Å². The average Bonchev–Trinajstić information content (AvgIpc) is 3.95. The molecule has 4 rings (SSSR count). The Balaban J connectivity index is 0.000000452. The Labute approximate surface area is 291 Å². The first-order valence-electron chi connectivity index (χ1n) is 18.0. The normalized spacial score (nSPS) is 16.9. The van der Waals surface area contributed by atoms with Crippen molar-refractivity contribution >= 4 is 23.3 Å². The number of amides is 2. The SMILES string of the molecule is C/C=C\C=C/CC.CC.CCC(=O)N(CCN1CCN(c2ccccc2OC)CC1)c1ccccn1.CCN(CC)C(=O)C1CC1CN. The number of piperazine rings is 1. The maximum absolute atomic E-state index is 12.3. The molecule has 1 aliphatic carbocycles. The van der Waals surface area contributed by atoms with Crippen LogP contribution in [0.1, 0.15) is 67.7 Å². The molecule has 9 nitrogen and oxygen atoms in total. The van der Waals surface area contributed by atoms with E-state index in [-0.39, 0.29) is 11.8 Å². The molecule has 0 bridgehead atoms. The number of hydrogen-bond acceptors (Lipinski definition) is 7. The lowest BCUT2D eigenvalue weighted by molar-refractivity contribution is -0.132.